The van der Waals surface area contributed by atoms with Crippen LogP contribution in [0.2, 0.25) is 5.02 Å². The minimum atomic E-state index is 0.828. The Morgan fingerprint density at radius 3 is 2.76 bits per heavy atom. The summed E-state index contributed by atoms with van der Waals surface area (Å²) < 4.78 is 1.23. The number of hydrogen-bond donors (Lipinski definition) is 1. The number of anilines is 1. The van der Waals surface area contributed by atoms with Gasteiger partial charge in [-0.2, -0.15) is 0 Å². The van der Waals surface area contributed by atoms with Crippen LogP contribution in [0.4, 0.5) is 5.69 Å². The van der Waals surface area contributed by atoms with Gasteiger partial charge in [0.05, 0.1) is 10.7 Å². The molecule has 0 amide bonds. The van der Waals surface area contributed by atoms with Crippen molar-refractivity contribution in [2.24, 2.45) is 5.92 Å². The molecule has 1 fully saturated rings. The molecule has 1 N–H and O–H groups in total. The molecule has 0 saturated heterocycles. The Hall–Kier alpha value is 0.0400. The van der Waals surface area contributed by atoms with Crippen LogP contribution < -0.4 is 5.32 Å². The smallest absolute Gasteiger partial charge is 0.0638 e. The van der Waals surface area contributed by atoms with Crippen LogP contribution in [0.25, 0.3) is 0 Å². The van der Waals surface area contributed by atoms with E-state index in [0.29, 0.717) is 0 Å². The fourth-order valence-electron chi connectivity index (χ4n) is 2.52. The van der Waals surface area contributed by atoms with E-state index in [4.69, 9.17) is 11.6 Å². The van der Waals surface area contributed by atoms with Gasteiger partial charge in [-0.05, 0) is 53.1 Å². The quantitative estimate of drug-likeness (QED) is 0.713. The van der Waals surface area contributed by atoms with E-state index in [9.17, 15) is 0 Å². The molecule has 17 heavy (non-hydrogen) atoms. The predicted octanol–water partition coefficient (Wildman–Crippen LogP) is 5.33. The van der Waals surface area contributed by atoms with Crippen LogP contribution >= 0.6 is 34.2 Å². The maximum absolute atomic E-state index is 6.15. The molecule has 2 rings (SSSR count). The fraction of sp³-hybridized carbons (Fsp3) is 0.571. The molecule has 1 nitrogen and oxygen atoms in total. The molecule has 1 aromatic carbocycles. The minimum Gasteiger partial charge on any atom is -0.384 e. The summed E-state index contributed by atoms with van der Waals surface area (Å²) in [6.45, 7) is 1.05. The largest absolute Gasteiger partial charge is 0.384 e. The average molecular weight is 364 g/mol. The highest BCUT2D eigenvalue weighted by Crippen LogP contribution is 2.27. The Morgan fingerprint density at radius 2 is 2.00 bits per heavy atom. The zero-order valence-corrected chi connectivity index (χ0v) is 12.9. The SMILES string of the molecule is Clc1ccc(I)cc1NCCC1CCCCC1. The van der Waals surface area contributed by atoms with Crippen molar-refractivity contribution in [1.82, 2.24) is 0 Å². The average Bonchev–Trinajstić information content (AvgIpc) is 2.35. The summed E-state index contributed by atoms with van der Waals surface area (Å²) in [6, 6.07) is 6.12. The first-order chi connectivity index (χ1) is 8.25. The molecule has 1 aromatic rings. The lowest BCUT2D eigenvalue weighted by atomic mass is 9.87. The number of hydrogen-bond acceptors (Lipinski definition) is 1. The van der Waals surface area contributed by atoms with Gasteiger partial charge < -0.3 is 5.32 Å². The summed E-state index contributed by atoms with van der Waals surface area (Å²) in [6.07, 6.45) is 8.40. The van der Waals surface area contributed by atoms with Crippen LogP contribution in [0, 0.1) is 9.49 Å². The second-order valence-electron chi connectivity index (χ2n) is 4.84. The first kappa shape index (κ1) is 13.5. The third-order valence-corrected chi connectivity index (χ3v) is 4.52. The molecule has 1 aliphatic carbocycles. The first-order valence-electron chi connectivity index (χ1n) is 6.44. The predicted molar refractivity (Wildman–Crippen MR) is 83.9 cm³/mol. The molecule has 94 valence electrons. The molecule has 0 heterocycles. The van der Waals surface area contributed by atoms with Gasteiger partial charge in [0.25, 0.3) is 0 Å². The van der Waals surface area contributed by atoms with Gasteiger partial charge in [-0.15, -0.1) is 0 Å². The topological polar surface area (TPSA) is 12.0 Å². The molecule has 0 radical (unpaired) electrons. The van der Waals surface area contributed by atoms with E-state index in [-0.39, 0.29) is 0 Å². The number of halogens is 2. The van der Waals surface area contributed by atoms with Gasteiger partial charge in [-0.3, -0.25) is 0 Å². The lowest BCUT2D eigenvalue weighted by Gasteiger charge is -2.21. The summed E-state index contributed by atoms with van der Waals surface area (Å²) in [5, 5.41) is 4.29. The van der Waals surface area contributed by atoms with Crippen molar-refractivity contribution in [2.45, 2.75) is 38.5 Å². The second-order valence-corrected chi connectivity index (χ2v) is 6.50. The number of benzene rings is 1. The summed E-state index contributed by atoms with van der Waals surface area (Å²) in [5.74, 6) is 0.929. The van der Waals surface area contributed by atoms with E-state index in [0.717, 1.165) is 23.2 Å². The van der Waals surface area contributed by atoms with Gasteiger partial charge in [-0.1, -0.05) is 43.7 Å². The van der Waals surface area contributed by atoms with E-state index >= 15 is 0 Å². The number of nitrogens with one attached hydrogen (secondary N) is 1. The summed E-state index contributed by atoms with van der Waals surface area (Å²) in [4.78, 5) is 0. The summed E-state index contributed by atoms with van der Waals surface area (Å²) in [5.41, 5.74) is 1.08. The van der Waals surface area contributed by atoms with Gasteiger partial charge >= 0.3 is 0 Å². The van der Waals surface area contributed by atoms with Gasteiger partial charge in [0.2, 0.25) is 0 Å². The lowest BCUT2D eigenvalue weighted by Crippen LogP contribution is -2.12. The maximum Gasteiger partial charge on any atom is 0.0638 e. The zero-order chi connectivity index (χ0) is 12.1. The Kier molecular flexibility index (Phi) is 5.42. The summed E-state index contributed by atoms with van der Waals surface area (Å²) >= 11 is 8.47. The van der Waals surface area contributed by atoms with Crippen molar-refractivity contribution < 1.29 is 0 Å². The molecule has 0 unspecified atom stereocenters. The van der Waals surface area contributed by atoms with Crippen LogP contribution in [0.5, 0.6) is 0 Å². The summed E-state index contributed by atoms with van der Waals surface area (Å²) in [7, 11) is 0. The minimum absolute atomic E-state index is 0.828. The van der Waals surface area contributed by atoms with Crippen molar-refractivity contribution >= 4 is 39.9 Å². The van der Waals surface area contributed by atoms with Gasteiger partial charge in [0.15, 0.2) is 0 Å². The van der Waals surface area contributed by atoms with E-state index in [1.165, 1.54) is 42.1 Å². The molecule has 0 atom stereocenters. The van der Waals surface area contributed by atoms with Crippen LogP contribution in [0.1, 0.15) is 38.5 Å². The van der Waals surface area contributed by atoms with Crippen LogP contribution in [0.15, 0.2) is 18.2 Å². The van der Waals surface area contributed by atoms with Crippen molar-refractivity contribution in [1.29, 1.82) is 0 Å². The third-order valence-electron chi connectivity index (χ3n) is 3.52. The molecule has 1 aliphatic rings. The molecule has 0 aliphatic heterocycles. The molecule has 3 heteroatoms. The second kappa shape index (κ2) is 6.83. The lowest BCUT2D eigenvalue weighted by molar-refractivity contribution is 0.345. The monoisotopic (exact) mass is 363 g/mol. The molecule has 0 bridgehead atoms. The molecule has 0 aromatic heterocycles. The Morgan fingerprint density at radius 1 is 1.24 bits per heavy atom. The van der Waals surface area contributed by atoms with Gasteiger partial charge in [-0.25, -0.2) is 0 Å². The van der Waals surface area contributed by atoms with Gasteiger partial charge in [0.1, 0.15) is 0 Å². The zero-order valence-electron chi connectivity index (χ0n) is 10.0. The molecular weight excluding hydrogens is 345 g/mol. The van der Waals surface area contributed by atoms with Crippen LogP contribution in [0.3, 0.4) is 0 Å². The highest BCUT2D eigenvalue weighted by molar-refractivity contribution is 14.1. The highest BCUT2D eigenvalue weighted by atomic mass is 127. The van der Waals surface area contributed by atoms with Crippen molar-refractivity contribution in [3.63, 3.8) is 0 Å². The standard InChI is InChI=1S/C14H19ClIN/c15-13-7-6-12(16)10-14(13)17-9-8-11-4-2-1-3-5-11/h6-7,10-11,17H,1-5,8-9H2. The van der Waals surface area contributed by atoms with Crippen molar-refractivity contribution in [2.75, 3.05) is 11.9 Å². The van der Waals surface area contributed by atoms with E-state index < -0.39 is 0 Å². The number of rotatable bonds is 4. The van der Waals surface area contributed by atoms with Crippen LogP contribution in [-0.4, -0.2) is 6.54 Å². The molecule has 1 saturated carbocycles. The Balaban J connectivity index is 1.79. The van der Waals surface area contributed by atoms with Crippen molar-refractivity contribution in [3.05, 3.63) is 26.8 Å². The van der Waals surface area contributed by atoms with Crippen molar-refractivity contribution in [3.8, 4) is 0 Å². The first-order valence-corrected chi connectivity index (χ1v) is 7.90. The normalized spacial score (nSPS) is 17.1. The molecular formula is C14H19ClIN. The van der Waals surface area contributed by atoms with E-state index in [2.05, 4.69) is 34.0 Å². The maximum atomic E-state index is 6.15. The Bertz CT molecular complexity index is 361. The third kappa shape index (κ3) is 4.32. The van der Waals surface area contributed by atoms with Gasteiger partial charge in [0, 0.05) is 10.1 Å². The van der Waals surface area contributed by atoms with Crippen LogP contribution in [-0.2, 0) is 0 Å². The fourth-order valence-corrected chi connectivity index (χ4v) is 3.20. The van der Waals surface area contributed by atoms with E-state index in [1.54, 1.807) is 0 Å². The van der Waals surface area contributed by atoms with E-state index in [1.807, 2.05) is 12.1 Å². The molecule has 0 spiro atoms. The highest BCUT2D eigenvalue weighted by Gasteiger charge is 2.12. The Labute approximate surface area is 122 Å².